The Morgan fingerprint density at radius 2 is 2.15 bits per heavy atom. The summed E-state index contributed by atoms with van der Waals surface area (Å²) in [6.07, 6.45) is 0. The van der Waals surface area contributed by atoms with E-state index in [0.29, 0.717) is 0 Å². The third-order valence-electron chi connectivity index (χ3n) is 1.39. The van der Waals surface area contributed by atoms with Gasteiger partial charge in [0.1, 0.15) is 17.7 Å². The molecule has 3 nitrogen and oxygen atoms in total. The fourth-order valence-corrected chi connectivity index (χ4v) is 0.815. The van der Waals surface area contributed by atoms with Crippen LogP contribution in [0, 0.1) is 23.0 Å². The average molecular weight is 182 g/mol. The van der Waals surface area contributed by atoms with Gasteiger partial charge in [0.2, 0.25) is 0 Å². The van der Waals surface area contributed by atoms with Crippen LogP contribution in [-0.4, -0.2) is 10.9 Å². The van der Waals surface area contributed by atoms with Gasteiger partial charge in [0.25, 0.3) is 0 Å². The number of hydrogen-bond donors (Lipinski definition) is 1. The number of rotatable bonds is 1. The normalized spacial score (nSPS) is 11.0. The van der Waals surface area contributed by atoms with Gasteiger partial charge in [-0.25, -0.2) is 8.78 Å². The highest BCUT2D eigenvalue weighted by Gasteiger charge is 2.10. The first-order valence-corrected chi connectivity index (χ1v) is 3.26. The molecule has 0 atom stereocenters. The van der Waals surface area contributed by atoms with Gasteiger partial charge in [0, 0.05) is 0 Å². The lowest BCUT2D eigenvalue weighted by atomic mass is 10.1. The highest BCUT2D eigenvalue weighted by Crippen LogP contribution is 2.10. The average Bonchev–Trinajstić information content (AvgIpc) is 2.13. The number of nitrogens with zero attached hydrogens (tertiary/aromatic N) is 2. The highest BCUT2D eigenvalue weighted by atomic mass is 19.1. The predicted molar refractivity (Wildman–Crippen MR) is 40.3 cm³/mol. The summed E-state index contributed by atoms with van der Waals surface area (Å²) in [5, 5.41) is 19.2. The van der Waals surface area contributed by atoms with Crippen LogP contribution in [0.25, 0.3) is 0 Å². The van der Waals surface area contributed by atoms with Crippen molar-refractivity contribution in [2.45, 2.75) is 0 Å². The molecule has 0 aliphatic heterocycles. The fraction of sp³-hybridized carbons (Fsp3) is 0. The molecule has 0 amide bonds. The third kappa shape index (κ3) is 1.79. The van der Waals surface area contributed by atoms with Crippen LogP contribution < -0.4 is 0 Å². The molecular weight excluding hydrogens is 178 g/mol. The zero-order chi connectivity index (χ0) is 9.84. The topological polar surface area (TPSA) is 56.4 Å². The molecule has 1 N–H and O–H groups in total. The standard InChI is InChI=1S/C8H4F2N2O/c9-5-1-2-7(10)6(3-5)8(4-11)12-13/h1-3,13H/b12-8+. The van der Waals surface area contributed by atoms with Gasteiger partial charge in [-0.3, -0.25) is 0 Å². The second-order valence-electron chi connectivity index (χ2n) is 2.18. The van der Waals surface area contributed by atoms with Crippen molar-refractivity contribution in [2.75, 3.05) is 0 Å². The van der Waals surface area contributed by atoms with Crippen molar-refractivity contribution in [2.24, 2.45) is 5.16 Å². The van der Waals surface area contributed by atoms with E-state index in [9.17, 15) is 8.78 Å². The Labute approximate surface area is 72.5 Å². The van der Waals surface area contributed by atoms with Crippen molar-refractivity contribution in [3.05, 3.63) is 35.4 Å². The number of hydrogen-bond acceptors (Lipinski definition) is 3. The fourth-order valence-electron chi connectivity index (χ4n) is 0.815. The molecule has 0 unspecified atom stereocenters. The van der Waals surface area contributed by atoms with E-state index in [-0.39, 0.29) is 5.56 Å². The van der Waals surface area contributed by atoms with E-state index in [1.54, 1.807) is 0 Å². The van der Waals surface area contributed by atoms with E-state index in [2.05, 4.69) is 5.16 Å². The van der Waals surface area contributed by atoms with Gasteiger partial charge >= 0.3 is 0 Å². The largest absolute Gasteiger partial charge is 0.410 e. The number of oxime groups is 1. The molecule has 0 radical (unpaired) electrons. The summed E-state index contributed by atoms with van der Waals surface area (Å²) in [6.45, 7) is 0. The molecule has 0 aromatic heterocycles. The third-order valence-corrected chi connectivity index (χ3v) is 1.39. The predicted octanol–water partition coefficient (Wildman–Crippen LogP) is 1.67. The maximum Gasteiger partial charge on any atom is 0.189 e. The lowest BCUT2D eigenvalue weighted by Gasteiger charge is -1.97. The summed E-state index contributed by atoms with van der Waals surface area (Å²) in [7, 11) is 0. The van der Waals surface area contributed by atoms with Crippen molar-refractivity contribution < 1.29 is 14.0 Å². The van der Waals surface area contributed by atoms with Crippen LogP contribution in [0.5, 0.6) is 0 Å². The van der Waals surface area contributed by atoms with Gasteiger partial charge in [-0.15, -0.1) is 0 Å². The SMILES string of the molecule is N#C/C(=N\O)c1cc(F)ccc1F. The van der Waals surface area contributed by atoms with Gasteiger partial charge in [0.15, 0.2) is 5.71 Å². The molecule has 0 aliphatic carbocycles. The molecule has 0 saturated heterocycles. The molecule has 5 heteroatoms. The quantitative estimate of drug-likeness (QED) is 0.408. The van der Waals surface area contributed by atoms with E-state index in [0.717, 1.165) is 18.2 Å². The molecule has 1 aromatic carbocycles. The number of halogens is 2. The van der Waals surface area contributed by atoms with E-state index < -0.39 is 17.3 Å². The smallest absolute Gasteiger partial charge is 0.189 e. The summed E-state index contributed by atoms with van der Waals surface area (Å²) >= 11 is 0. The first kappa shape index (κ1) is 9.13. The summed E-state index contributed by atoms with van der Waals surface area (Å²) in [5.74, 6) is -1.51. The van der Waals surface area contributed by atoms with Crippen LogP contribution in [-0.2, 0) is 0 Å². The van der Waals surface area contributed by atoms with Gasteiger partial charge in [-0.05, 0) is 18.2 Å². The maximum absolute atomic E-state index is 12.9. The van der Waals surface area contributed by atoms with Gasteiger partial charge < -0.3 is 5.21 Å². The van der Waals surface area contributed by atoms with Crippen LogP contribution in [0.1, 0.15) is 5.56 Å². The highest BCUT2D eigenvalue weighted by molar-refractivity contribution is 6.11. The summed E-state index contributed by atoms with van der Waals surface area (Å²) in [6, 6.07) is 3.98. The van der Waals surface area contributed by atoms with Gasteiger partial charge in [0.05, 0.1) is 5.56 Å². The first-order valence-electron chi connectivity index (χ1n) is 3.26. The van der Waals surface area contributed by atoms with Crippen LogP contribution in [0.3, 0.4) is 0 Å². The van der Waals surface area contributed by atoms with E-state index in [4.69, 9.17) is 10.5 Å². The minimum absolute atomic E-state index is 0.356. The van der Waals surface area contributed by atoms with E-state index in [1.807, 2.05) is 0 Å². The van der Waals surface area contributed by atoms with Crippen LogP contribution >= 0.6 is 0 Å². The lowest BCUT2D eigenvalue weighted by molar-refractivity contribution is 0.320. The number of benzene rings is 1. The van der Waals surface area contributed by atoms with Crippen molar-refractivity contribution in [1.29, 1.82) is 5.26 Å². The second-order valence-corrected chi connectivity index (χ2v) is 2.18. The molecule has 66 valence electrons. The molecule has 0 spiro atoms. The zero-order valence-corrected chi connectivity index (χ0v) is 6.33. The number of nitriles is 1. The monoisotopic (exact) mass is 182 g/mol. The molecule has 1 rings (SSSR count). The molecule has 1 aromatic rings. The van der Waals surface area contributed by atoms with Crippen LogP contribution in [0.2, 0.25) is 0 Å². The van der Waals surface area contributed by atoms with Crippen molar-refractivity contribution in [3.8, 4) is 6.07 Å². The van der Waals surface area contributed by atoms with Crippen molar-refractivity contribution in [3.63, 3.8) is 0 Å². The molecule has 0 bridgehead atoms. The minimum Gasteiger partial charge on any atom is -0.410 e. The molecule has 13 heavy (non-hydrogen) atoms. The summed E-state index contributed by atoms with van der Waals surface area (Å²) in [4.78, 5) is 0. The Hall–Kier alpha value is -1.96. The Kier molecular flexibility index (Phi) is 2.55. The Balaban J connectivity index is 3.30. The Morgan fingerprint density at radius 1 is 1.46 bits per heavy atom. The van der Waals surface area contributed by atoms with Crippen LogP contribution in [0.4, 0.5) is 8.78 Å². The Bertz CT molecular complexity index is 396. The van der Waals surface area contributed by atoms with Crippen LogP contribution in [0.15, 0.2) is 23.4 Å². The molecule has 0 saturated carbocycles. The van der Waals surface area contributed by atoms with Crippen molar-refractivity contribution in [1.82, 2.24) is 0 Å². The zero-order valence-electron chi connectivity index (χ0n) is 6.33. The first-order chi connectivity index (χ1) is 6.19. The summed E-state index contributed by atoms with van der Waals surface area (Å²) < 4.78 is 25.5. The van der Waals surface area contributed by atoms with Gasteiger partial charge in [-0.1, -0.05) is 5.16 Å². The molecule has 0 fully saturated rings. The lowest BCUT2D eigenvalue weighted by Crippen LogP contribution is -2.01. The maximum atomic E-state index is 12.9. The van der Waals surface area contributed by atoms with E-state index >= 15 is 0 Å². The second kappa shape index (κ2) is 3.63. The summed E-state index contributed by atoms with van der Waals surface area (Å²) in [5.41, 5.74) is -0.915. The molecule has 0 heterocycles. The van der Waals surface area contributed by atoms with Gasteiger partial charge in [-0.2, -0.15) is 5.26 Å². The molecule has 0 aliphatic rings. The minimum atomic E-state index is -0.809. The Morgan fingerprint density at radius 3 is 2.69 bits per heavy atom. The van der Waals surface area contributed by atoms with E-state index in [1.165, 1.54) is 6.07 Å². The van der Waals surface area contributed by atoms with Crippen molar-refractivity contribution >= 4 is 5.71 Å². The molecular formula is C8H4F2N2O.